The smallest absolute Gasteiger partial charge is 0.358 e. The number of benzene rings is 1. The number of carboxylic acid groups (broad SMARTS) is 1. The van der Waals surface area contributed by atoms with Gasteiger partial charge in [-0.25, -0.2) is 9.48 Å². The van der Waals surface area contributed by atoms with Crippen LogP contribution in [0.3, 0.4) is 0 Å². The van der Waals surface area contributed by atoms with Crippen LogP contribution in [-0.4, -0.2) is 45.3 Å². The van der Waals surface area contributed by atoms with E-state index in [-0.39, 0.29) is 5.69 Å². The van der Waals surface area contributed by atoms with Crippen molar-refractivity contribution in [3.05, 3.63) is 48.4 Å². The first-order valence-corrected chi connectivity index (χ1v) is 6.97. The molecule has 0 atom stereocenters. The van der Waals surface area contributed by atoms with Gasteiger partial charge in [0, 0.05) is 36.2 Å². The fourth-order valence-electron chi connectivity index (χ4n) is 2.29. The van der Waals surface area contributed by atoms with E-state index in [1.165, 1.54) is 18.9 Å². The molecular weight excluding hydrogens is 312 g/mol. The number of nitrogens with zero attached hydrogens (tertiary/aromatic N) is 4. The second-order valence-electron chi connectivity index (χ2n) is 4.81. The lowest BCUT2D eigenvalue weighted by atomic mass is 10.1. The van der Waals surface area contributed by atoms with Crippen molar-refractivity contribution in [1.82, 2.24) is 20.0 Å². The number of rotatable bonds is 5. The maximum absolute atomic E-state index is 11.5. The molecule has 1 aromatic carbocycles. The van der Waals surface area contributed by atoms with Gasteiger partial charge >= 0.3 is 5.97 Å². The Labute approximate surface area is 137 Å². The van der Waals surface area contributed by atoms with Crippen LogP contribution in [-0.2, 0) is 0 Å². The minimum absolute atomic E-state index is 0.150. The van der Waals surface area contributed by atoms with E-state index in [2.05, 4.69) is 15.3 Å². The second-order valence-corrected chi connectivity index (χ2v) is 4.81. The van der Waals surface area contributed by atoms with Gasteiger partial charge in [-0.05, 0) is 12.1 Å². The van der Waals surface area contributed by atoms with E-state index in [0.29, 0.717) is 28.4 Å². The number of carboxylic acids is 1. The third-order valence-electron chi connectivity index (χ3n) is 3.41. The normalized spacial score (nSPS) is 10.4. The molecule has 0 aliphatic rings. The monoisotopic (exact) mass is 326 g/mol. The van der Waals surface area contributed by atoms with Crippen molar-refractivity contribution < 1.29 is 19.4 Å². The van der Waals surface area contributed by atoms with E-state index in [4.69, 9.17) is 9.47 Å². The van der Waals surface area contributed by atoms with Crippen LogP contribution in [0, 0.1) is 0 Å². The predicted molar refractivity (Wildman–Crippen MR) is 84.7 cm³/mol. The van der Waals surface area contributed by atoms with Crippen LogP contribution >= 0.6 is 0 Å². The molecule has 0 fully saturated rings. The van der Waals surface area contributed by atoms with Gasteiger partial charge in [0.15, 0.2) is 5.69 Å². The highest BCUT2D eigenvalue weighted by Gasteiger charge is 2.22. The van der Waals surface area contributed by atoms with Gasteiger partial charge in [-0.1, -0.05) is 5.21 Å². The molecule has 0 amide bonds. The van der Waals surface area contributed by atoms with Crippen LogP contribution in [0.2, 0.25) is 0 Å². The summed E-state index contributed by atoms with van der Waals surface area (Å²) in [5, 5.41) is 17.2. The third-order valence-corrected chi connectivity index (χ3v) is 3.41. The predicted octanol–water partition coefficient (Wildman–Crippen LogP) is 2.04. The topological polar surface area (TPSA) is 99.4 Å². The molecule has 0 saturated carbocycles. The second kappa shape index (κ2) is 6.37. The molecule has 2 heterocycles. The van der Waals surface area contributed by atoms with Crippen molar-refractivity contribution in [3.63, 3.8) is 0 Å². The van der Waals surface area contributed by atoms with Gasteiger partial charge in [-0.15, -0.1) is 5.10 Å². The summed E-state index contributed by atoms with van der Waals surface area (Å²) in [5.74, 6) is -0.0577. The van der Waals surface area contributed by atoms with Crippen molar-refractivity contribution >= 4 is 5.97 Å². The van der Waals surface area contributed by atoms with Crippen LogP contribution in [0.4, 0.5) is 0 Å². The average Bonchev–Trinajstić information content (AvgIpc) is 3.07. The maximum Gasteiger partial charge on any atom is 0.358 e. The molecule has 0 unspecified atom stereocenters. The molecule has 0 bridgehead atoms. The molecule has 3 rings (SSSR count). The number of pyridine rings is 1. The first kappa shape index (κ1) is 15.5. The SMILES string of the molecule is COc1cc(OC)cc(-n2nnc(C(=O)O)c2-c2ccncc2)c1. The molecule has 0 aliphatic carbocycles. The summed E-state index contributed by atoms with van der Waals surface area (Å²) in [7, 11) is 3.07. The maximum atomic E-state index is 11.5. The Balaban J connectivity index is 2.24. The Hall–Kier alpha value is -3.42. The first-order chi connectivity index (χ1) is 11.6. The zero-order valence-corrected chi connectivity index (χ0v) is 13.0. The van der Waals surface area contributed by atoms with Gasteiger partial charge < -0.3 is 14.6 Å². The lowest BCUT2D eigenvalue weighted by Gasteiger charge is -2.11. The number of carbonyl (C=O) groups is 1. The van der Waals surface area contributed by atoms with Gasteiger partial charge in [0.2, 0.25) is 0 Å². The van der Waals surface area contributed by atoms with Crippen LogP contribution in [0.1, 0.15) is 10.5 Å². The standard InChI is InChI=1S/C16H14N4O4/c1-23-12-7-11(8-13(9-12)24-2)20-15(10-3-5-17-6-4-10)14(16(21)22)18-19-20/h3-9H,1-2H3,(H,21,22). The van der Waals surface area contributed by atoms with E-state index in [0.717, 1.165) is 0 Å². The van der Waals surface area contributed by atoms with E-state index in [9.17, 15) is 9.90 Å². The summed E-state index contributed by atoms with van der Waals surface area (Å²) in [5.41, 5.74) is 1.40. The number of aromatic carboxylic acids is 1. The zero-order chi connectivity index (χ0) is 17.1. The summed E-state index contributed by atoms with van der Waals surface area (Å²) in [6.07, 6.45) is 3.15. The highest BCUT2D eigenvalue weighted by atomic mass is 16.5. The summed E-state index contributed by atoms with van der Waals surface area (Å²) in [4.78, 5) is 15.5. The molecule has 8 heteroatoms. The Bertz CT molecular complexity index is 855. The fraction of sp³-hybridized carbons (Fsp3) is 0.125. The average molecular weight is 326 g/mol. The molecule has 0 aliphatic heterocycles. The molecule has 3 aromatic rings. The number of hydrogen-bond donors (Lipinski definition) is 1. The Kier molecular flexibility index (Phi) is 4.11. The van der Waals surface area contributed by atoms with Crippen LogP contribution < -0.4 is 9.47 Å². The van der Waals surface area contributed by atoms with Crippen LogP contribution in [0.5, 0.6) is 11.5 Å². The van der Waals surface area contributed by atoms with Crippen molar-refractivity contribution in [3.8, 4) is 28.4 Å². The van der Waals surface area contributed by atoms with Crippen LogP contribution in [0.25, 0.3) is 16.9 Å². The van der Waals surface area contributed by atoms with Gasteiger partial charge in [0.25, 0.3) is 0 Å². The summed E-state index contributed by atoms with van der Waals surface area (Å²) in [6, 6.07) is 8.53. The first-order valence-electron chi connectivity index (χ1n) is 6.97. The fourth-order valence-corrected chi connectivity index (χ4v) is 2.29. The van der Waals surface area contributed by atoms with E-state index in [1.807, 2.05) is 0 Å². The molecule has 122 valence electrons. The summed E-state index contributed by atoms with van der Waals surface area (Å²) < 4.78 is 11.9. The number of aromatic nitrogens is 4. The van der Waals surface area contributed by atoms with Crippen molar-refractivity contribution in [1.29, 1.82) is 0 Å². The number of methoxy groups -OCH3 is 2. The lowest BCUT2D eigenvalue weighted by molar-refractivity contribution is 0.0691. The third kappa shape index (κ3) is 2.76. The lowest BCUT2D eigenvalue weighted by Crippen LogP contribution is -2.04. The van der Waals surface area contributed by atoms with E-state index in [1.54, 1.807) is 42.7 Å². The number of ether oxygens (including phenoxy) is 2. The van der Waals surface area contributed by atoms with Crippen LogP contribution in [0.15, 0.2) is 42.7 Å². The van der Waals surface area contributed by atoms with Crippen molar-refractivity contribution in [2.45, 2.75) is 0 Å². The Morgan fingerprint density at radius 1 is 1.08 bits per heavy atom. The van der Waals surface area contributed by atoms with Gasteiger partial charge in [0.05, 0.1) is 19.9 Å². The molecule has 2 aromatic heterocycles. The van der Waals surface area contributed by atoms with Gasteiger partial charge in [-0.2, -0.15) is 0 Å². The van der Waals surface area contributed by atoms with E-state index >= 15 is 0 Å². The molecule has 1 N–H and O–H groups in total. The molecule has 0 spiro atoms. The minimum atomic E-state index is -1.16. The Morgan fingerprint density at radius 2 is 1.71 bits per heavy atom. The van der Waals surface area contributed by atoms with E-state index < -0.39 is 5.97 Å². The highest BCUT2D eigenvalue weighted by Crippen LogP contribution is 2.29. The highest BCUT2D eigenvalue weighted by molar-refractivity contribution is 5.93. The number of hydrogen-bond acceptors (Lipinski definition) is 6. The summed E-state index contributed by atoms with van der Waals surface area (Å²) >= 11 is 0. The largest absolute Gasteiger partial charge is 0.497 e. The molecule has 8 nitrogen and oxygen atoms in total. The Morgan fingerprint density at radius 3 is 2.25 bits per heavy atom. The molecule has 0 radical (unpaired) electrons. The molecular formula is C16H14N4O4. The van der Waals surface area contributed by atoms with Gasteiger partial charge in [-0.3, -0.25) is 4.98 Å². The minimum Gasteiger partial charge on any atom is -0.497 e. The molecule has 0 saturated heterocycles. The summed E-state index contributed by atoms with van der Waals surface area (Å²) in [6.45, 7) is 0. The molecule has 24 heavy (non-hydrogen) atoms. The van der Waals surface area contributed by atoms with Crippen molar-refractivity contribution in [2.75, 3.05) is 14.2 Å². The zero-order valence-electron chi connectivity index (χ0n) is 13.0. The quantitative estimate of drug-likeness (QED) is 0.766. The van der Waals surface area contributed by atoms with Crippen molar-refractivity contribution in [2.24, 2.45) is 0 Å². The van der Waals surface area contributed by atoms with Gasteiger partial charge in [0.1, 0.15) is 17.2 Å².